The van der Waals surface area contributed by atoms with Crippen molar-refractivity contribution in [3.8, 4) is 16.9 Å². The van der Waals surface area contributed by atoms with Crippen molar-refractivity contribution < 1.29 is 37.1 Å². The van der Waals surface area contributed by atoms with Crippen LogP contribution in [0.1, 0.15) is 78.2 Å². The Hall–Kier alpha value is -5.25. The number of rotatable bonds is 12. The van der Waals surface area contributed by atoms with Gasteiger partial charge in [0.15, 0.2) is 5.75 Å². The molecule has 2 aromatic carbocycles. The van der Waals surface area contributed by atoms with Crippen molar-refractivity contribution in [1.82, 2.24) is 30.0 Å². The van der Waals surface area contributed by atoms with Gasteiger partial charge in [-0.2, -0.15) is 5.10 Å². The monoisotopic (exact) mass is 802 g/mol. The molecule has 3 aromatic rings. The predicted molar refractivity (Wildman–Crippen MR) is 212 cm³/mol. The van der Waals surface area contributed by atoms with Crippen LogP contribution in [0.2, 0.25) is 0 Å². The molecule has 0 radical (unpaired) electrons. The van der Waals surface area contributed by atoms with Gasteiger partial charge in [0.25, 0.3) is 5.91 Å². The van der Waals surface area contributed by atoms with Gasteiger partial charge in [0.2, 0.25) is 21.8 Å². The minimum atomic E-state index is -3.94. The lowest BCUT2D eigenvalue weighted by molar-refractivity contribution is -0.142. The van der Waals surface area contributed by atoms with Crippen molar-refractivity contribution in [3.63, 3.8) is 0 Å². The molecule has 0 unspecified atom stereocenters. The van der Waals surface area contributed by atoms with E-state index in [1.807, 2.05) is 42.5 Å². The van der Waals surface area contributed by atoms with E-state index in [0.29, 0.717) is 18.4 Å². The van der Waals surface area contributed by atoms with Gasteiger partial charge in [0, 0.05) is 18.9 Å². The molecule has 4 amide bonds. The maximum absolute atomic E-state index is 14.7. The van der Waals surface area contributed by atoms with Crippen LogP contribution in [0.25, 0.3) is 21.9 Å². The zero-order valence-corrected chi connectivity index (χ0v) is 33.5. The summed E-state index contributed by atoms with van der Waals surface area (Å²) < 4.78 is 40.2. The van der Waals surface area contributed by atoms with Gasteiger partial charge in [0.05, 0.1) is 30.2 Å². The molecule has 1 aromatic heterocycles. The average molecular weight is 803 g/mol. The predicted octanol–water partition coefficient (Wildman–Crippen LogP) is 3.97. The largest absolute Gasteiger partial charge is 0.491 e. The molecule has 57 heavy (non-hydrogen) atoms. The van der Waals surface area contributed by atoms with Gasteiger partial charge in [-0.1, -0.05) is 69.3 Å². The number of hydrogen-bond donors (Lipinski definition) is 3. The van der Waals surface area contributed by atoms with E-state index in [9.17, 15) is 32.4 Å². The second-order valence-electron chi connectivity index (χ2n) is 16.7. The van der Waals surface area contributed by atoms with E-state index in [-0.39, 0.29) is 31.2 Å². The first-order valence-corrected chi connectivity index (χ1v) is 21.0. The molecular weight excluding hydrogens is 753 g/mol. The molecule has 2 heterocycles. The first-order chi connectivity index (χ1) is 27.1. The Bertz CT molecular complexity index is 2270. The lowest BCUT2D eigenvalue weighted by Crippen LogP contribution is -2.60. The molecule has 4 fully saturated rings. The Labute approximate surface area is 331 Å². The molecule has 3 saturated carbocycles. The average Bonchev–Trinajstić information content (AvgIpc) is 4.05. The smallest absolute Gasteiger partial charge is 0.408 e. The molecule has 0 bridgehead atoms. The molecule has 7 rings (SSSR count). The SMILES string of the molecule is C=C[C@@H]1C[C@]1(NC(=O)[C@@H]1C[C@@H](n2ncc(-c3cccc4ccccc34)c(OC)c2=O)CN1C(=O)[C@@H](NC(=O)OC1CCCC1)C(C)(C)C)C(=O)NS(=O)(=O)C1CC1. The summed E-state index contributed by atoms with van der Waals surface area (Å²) >= 11 is 0. The second-order valence-corrected chi connectivity index (χ2v) is 18.7. The summed E-state index contributed by atoms with van der Waals surface area (Å²) in [6, 6.07) is 10.2. The molecular formula is C41H50N6O9S. The van der Waals surface area contributed by atoms with E-state index in [1.54, 1.807) is 20.8 Å². The molecule has 1 saturated heterocycles. The summed E-state index contributed by atoms with van der Waals surface area (Å²) in [5.41, 5.74) is -1.85. The van der Waals surface area contributed by atoms with E-state index in [2.05, 4.69) is 27.0 Å². The van der Waals surface area contributed by atoms with Crippen LogP contribution >= 0.6 is 0 Å². The maximum atomic E-state index is 14.7. The van der Waals surface area contributed by atoms with Crippen molar-refractivity contribution in [3.05, 3.63) is 71.7 Å². The highest BCUT2D eigenvalue weighted by Gasteiger charge is 2.62. The van der Waals surface area contributed by atoms with E-state index in [4.69, 9.17) is 9.47 Å². The number of aromatic nitrogens is 2. The number of hydrogen-bond acceptors (Lipinski definition) is 10. The molecule has 16 heteroatoms. The minimum absolute atomic E-state index is 0.0234. The van der Waals surface area contributed by atoms with Crippen LogP contribution in [-0.4, -0.2) is 89.5 Å². The summed E-state index contributed by atoms with van der Waals surface area (Å²) in [5.74, 6) is -2.76. The molecule has 5 atom stereocenters. The molecule has 15 nitrogen and oxygen atoms in total. The van der Waals surface area contributed by atoms with Crippen LogP contribution in [0.15, 0.2) is 66.1 Å². The number of nitrogens with one attached hydrogen (secondary N) is 3. The third-order valence-corrected chi connectivity index (χ3v) is 13.5. The highest BCUT2D eigenvalue weighted by Crippen LogP contribution is 2.46. The minimum Gasteiger partial charge on any atom is -0.491 e. The lowest BCUT2D eigenvalue weighted by Gasteiger charge is -2.35. The van der Waals surface area contributed by atoms with Gasteiger partial charge >= 0.3 is 11.7 Å². The standard InChI is InChI=1S/C41H50N6O9S/c1-6-25-21-41(25,38(51)45-57(53,54)28-18-19-28)44-35(48)32-20-26(23-46(32)37(50)34(40(2,3)4)43-39(52)56-27-14-8-9-15-27)47-36(49)33(55-5)31(22-42-47)30-17-11-13-24-12-7-10-16-29(24)30/h6-7,10-13,16-17,22,25-28,32,34H,1,8-9,14-15,18-21,23H2,2-5H3,(H,43,52)(H,44,48)(H,45,51)/t25-,26-,32+,34-,41-/m1/s1. The topological polar surface area (TPSA) is 195 Å². The zero-order chi connectivity index (χ0) is 40.9. The van der Waals surface area contributed by atoms with Crippen LogP contribution in [-0.2, 0) is 29.1 Å². The van der Waals surface area contributed by atoms with E-state index >= 15 is 0 Å². The third kappa shape index (κ3) is 7.88. The molecule has 304 valence electrons. The summed E-state index contributed by atoms with van der Waals surface area (Å²) in [6.45, 7) is 8.93. The van der Waals surface area contributed by atoms with Crippen LogP contribution < -0.4 is 25.7 Å². The van der Waals surface area contributed by atoms with Crippen molar-refractivity contribution in [2.45, 2.75) is 107 Å². The van der Waals surface area contributed by atoms with Crippen molar-refractivity contribution >= 4 is 44.6 Å². The number of amides is 4. The number of benzene rings is 2. The summed E-state index contributed by atoms with van der Waals surface area (Å²) in [7, 11) is -2.55. The highest BCUT2D eigenvalue weighted by atomic mass is 32.2. The fourth-order valence-corrected chi connectivity index (χ4v) is 9.55. The number of likely N-dealkylation sites (tertiary alicyclic amines) is 1. The van der Waals surface area contributed by atoms with Crippen LogP contribution in [0, 0.1) is 11.3 Å². The lowest BCUT2D eigenvalue weighted by atomic mass is 9.85. The Morgan fingerprint density at radius 1 is 1.02 bits per heavy atom. The molecule has 4 aliphatic rings. The number of sulfonamides is 1. The number of ether oxygens (including phenoxy) is 2. The number of nitrogens with zero attached hydrogens (tertiary/aromatic N) is 3. The molecule has 1 aliphatic heterocycles. The van der Waals surface area contributed by atoms with Crippen LogP contribution in [0.5, 0.6) is 5.75 Å². The summed E-state index contributed by atoms with van der Waals surface area (Å²) in [5, 5.41) is 11.3. The van der Waals surface area contributed by atoms with Gasteiger partial charge in [-0.25, -0.2) is 17.9 Å². The van der Waals surface area contributed by atoms with Crippen molar-refractivity contribution in [2.24, 2.45) is 11.3 Å². The Balaban J connectivity index is 1.22. The van der Waals surface area contributed by atoms with Crippen molar-refractivity contribution in [1.29, 1.82) is 0 Å². The Kier molecular flexibility index (Phi) is 10.7. The fraction of sp³-hybridized carbons (Fsp3) is 0.512. The van der Waals surface area contributed by atoms with Gasteiger partial charge in [-0.3, -0.25) is 23.9 Å². The first kappa shape index (κ1) is 40.0. The number of methoxy groups -OCH3 is 1. The number of carbonyl (C=O) groups excluding carboxylic acids is 4. The van der Waals surface area contributed by atoms with Gasteiger partial charge in [0.1, 0.15) is 23.7 Å². The quantitative estimate of drug-likeness (QED) is 0.226. The maximum Gasteiger partial charge on any atom is 0.408 e. The zero-order valence-electron chi connectivity index (χ0n) is 32.7. The van der Waals surface area contributed by atoms with Gasteiger partial charge in [-0.05, 0) is 66.7 Å². The van der Waals surface area contributed by atoms with E-state index < -0.39 is 79.6 Å². The summed E-state index contributed by atoms with van der Waals surface area (Å²) in [6.07, 6.45) is 6.20. The Morgan fingerprint density at radius 2 is 1.72 bits per heavy atom. The van der Waals surface area contributed by atoms with Gasteiger partial charge in [-0.15, -0.1) is 6.58 Å². The normalized spacial score (nSPS) is 24.1. The van der Waals surface area contributed by atoms with Crippen molar-refractivity contribution in [2.75, 3.05) is 13.7 Å². The summed E-state index contributed by atoms with van der Waals surface area (Å²) in [4.78, 5) is 71.5. The Morgan fingerprint density at radius 3 is 2.37 bits per heavy atom. The number of carbonyl (C=O) groups is 4. The second kappa shape index (κ2) is 15.3. The highest BCUT2D eigenvalue weighted by molar-refractivity contribution is 7.91. The number of alkyl carbamates (subject to hydrolysis) is 1. The fourth-order valence-electron chi connectivity index (χ4n) is 8.19. The molecule has 0 spiro atoms. The van der Waals surface area contributed by atoms with E-state index in [1.165, 1.54) is 29.0 Å². The van der Waals surface area contributed by atoms with E-state index in [0.717, 1.165) is 42.0 Å². The van der Waals surface area contributed by atoms with Crippen LogP contribution in [0.3, 0.4) is 0 Å². The number of fused-ring (bicyclic) bond motifs is 1. The molecule has 3 N–H and O–H groups in total. The van der Waals surface area contributed by atoms with Crippen LogP contribution in [0.4, 0.5) is 4.79 Å². The van der Waals surface area contributed by atoms with Gasteiger partial charge < -0.3 is 25.0 Å². The molecule has 3 aliphatic carbocycles. The first-order valence-electron chi connectivity index (χ1n) is 19.5. The third-order valence-electron chi connectivity index (χ3n) is 11.7.